The number of anilines is 1. The van der Waals surface area contributed by atoms with E-state index in [-0.39, 0.29) is 22.6 Å². The van der Waals surface area contributed by atoms with Crippen molar-refractivity contribution in [3.63, 3.8) is 0 Å². The smallest absolute Gasteiger partial charge is 0.261 e. The summed E-state index contributed by atoms with van der Waals surface area (Å²) in [7, 11) is -3.81. The number of aromatic nitrogens is 1. The molecule has 1 aromatic heterocycles. The summed E-state index contributed by atoms with van der Waals surface area (Å²) in [6, 6.07) is 4.10. The first-order valence-corrected chi connectivity index (χ1v) is 7.76. The van der Waals surface area contributed by atoms with Crippen LogP contribution in [0.1, 0.15) is 16.7 Å². The van der Waals surface area contributed by atoms with E-state index < -0.39 is 15.8 Å². The lowest BCUT2D eigenvalue weighted by molar-refractivity contribution is 0.591. The maximum atomic E-state index is 13.8. The summed E-state index contributed by atoms with van der Waals surface area (Å²) in [6.07, 6.45) is 3.05. The summed E-state index contributed by atoms with van der Waals surface area (Å²) in [5.41, 5.74) is 6.98. The zero-order chi connectivity index (χ0) is 15.6. The van der Waals surface area contributed by atoms with E-state index in [2.05, 4.69) is 9.71 Å². The van der Waals surface area contributed by atoms with Crippen molar-refractivity contribution in [1.29, 1.82) is 0 Å². The standard InChI is InChI=1S/C14H16FN3O2S/c1-9-5-12(6-11(7-16)14(9)15)21(19,20)18-13-3-4-17-8-10(13)2/h3-6,8H,7,16H2,1-2H3,(H,17,18). The van der Waals surface area contributed by atoms with Crippen LogP contribution in [0.5, 0.6) is 0 Å². The molecule has 7 heteroatoms. The number of benzene rings is 1. The molecule has 0 fully saturated rings. The molecule has 3 N–H and O–H groups in total. The number of nitrogens with one attached hydrogen (secondary N) is 1. The van der Waals surface area contributed by atoms with Crippen molar-refractivity contribution in [1.82, 2.24) is 4.98 Å². The molecule has 1 heterocycles. The average molecular weight is 309 g/mol. The van der Waals surface area contributed by atoms with Crippen molar-refractivity contribution in [2.24, 2.45) is 5.73 Å². The topological polar surface area (TPSA) is 85.1 Å². The van der Waals surface area contributed by atoms with Crippen molar-refractivity contribution >= 4 is 15.7 Å². The molecule has 0 amide bonds. The quantitative estimate of drug-likeness (QED) is 0.905. The second-order valence-electron chi connectivity index (χ2n) is 4.71. The summed E-state index contributed by atoms with van der Waals surface area (Å²) in [4.78, 5) is 3.88. The lowest BCUT2D eigenvalue weighted by Gasteiger charge is -2.12. The highest BCUT2D eigenvalue weighted by molar-refractivity contribution is 7.92. The molecule has 0 aliphatic heterocycles. The molecule has 1 aromatic carbocycles. The molecule has 0 saturated heterocycles. The highest BCUT2D eigenvalue weighted by atomic mass is 32.2. The first-order valence-electron chi connectivity index (χ1n) is 6.27. The molecule has 2 aromatic rings. The van der Waals surface area contributed by atoms with Crippen LogP contribution in [0, 0.1) is 19.7 Å². The van der Waals surface area contributed by atoms with Crippen molar-refractivity contribution in [3.8, 4) is 0 Å². The minimum atomic E-state index is -3.81. The lowest BCUT2D eigenvalue weighted by atomic mass is 10.1. The van der Waals surface area contributed by atoms with Crippen molar-refractivity contribution in [2.45, 2.75) is 25.3 Å². The van der Waals surface area contributed by atoms with E-state index in [0.717, 1.165) is 0 Å². The summed E-state index contributed by atoms with van der Waals surface area (Å²) in [5, 5.41) is 0. The van der Waals surface area contributed by atoms with Crippen molar-refractivity contribution < 1.29 is 12.8 Å². The molecule has 0 atom stereocenters. The van der Waals surface area contributed by atoms with Gasteiger partial charge >= 0.3 is 0 Å². The Balaban J connectivity index is 2.45. The van der Waals surface area contributed by atoms with Gasteiger partial charge in [-0.2, -0.15) is 0 Å². The lowest BCUT2D eigenvalue weighted by Crippen LogP contribution is -2.15. The van der Waals surface area contributed by atoms with Gasteiger partial charge in [0.1, 0.15) is 5.82 Å². The second kappa shape index (κ2) is 5.79. The fourth-order valence-corrected chi connectivity index (χ4v) is 3.17. The molecule has 0 bridgehead atoms. The largest absolute Gasteiger partial charge is 0.326 e. The van der Waals surface area contributed by atoms with Crippen LogP contribution in [-0.2, 0) is 16.6 Å². The van der Waals surface area contributed by atoms with E-state index in [1.54, 1.807) is 19.2 Å². The van der Waals surface area contributed by atoms with Crippen LogP contribution in [-0.4, -0.2) is 13.4 Å². The Morgan fingerprint density at radius 1 is 1.29 bits per heavy atom. The Morgan fingerprint density at radius 3 is 2.62 bits per heavy atom. The highest BCUT2D eigenvalue weighted by Gasteiger charge is 2.18. The number of sulfonamides is 1. The van der Waals surface area contributed by atoms with Gasteiger partial charge in [-0.05, 0) is 43.2 Å². The molecule has 21 heavy (non-hydrogen) atoms. The third-order valence-electron chi connectivity index (χ3n) is 3.10. The zero-order valence-corrected chi connectivity index (χ0v) is 12.5. The predicted octanol–water partition coefficient (Wildman–Crippen LogP) is 2.10. The number of rotatable bonds is 4. The van der Waals surface area contributed by atoms with E-state index in [1.165, 1.54) is 25.3 Å². The molecular weight excluding hydrogens is 293 g/mol. The molecule has 112 valence electrons. The molecule has 0 saturated carbocycles. The van der Waals surface area contributed by atoms with E-state index in [1.807, 2.05) is 0 Å². The Bertz CT molecular complexity index is 776. The van der Waals surface area contributed by atoms with Gasteiger partial charge in [0.15, 0.2) is 0 Å². The Labute approximate surface area is 123 Å². The van der Waals surface area contributed by atoms with Gasteiger partial charge < -0.3 is 5.73 Å². The van der Waals surface area contributed by atoms with Crippen LogP contribution in [0.4, 0.5) is 10.1 Å². The average Bonchev–Trinajstić information content (AvgIpc) is 2.44. The van der Waals surface area contributed by atoms with Crippen LogP contribution in [0.15, 0.2) is 35.5 Å². The maximum Gasteiger partial charge on any atom is 0.261 e. The van der Waals surface area contributed by atoms with Gasteiger partial charge in [0.2, 0.25) is 0 Å². The molecule has 2 rings (SSSR count). The minimum Gasteiger partial charge on any atom is -0.326 e. The molecule has 0 aliphatic carbocycles. The van der Waals surface area contributed by atoms with Crippen LogP contribution >= 0.6 is 0 Å². The summed E-state index contributed by atoms with van der Waals surface area (Å²) in [6.45, 7) is 3.18. The first-order chi connectivity index (χ1) is 9.85. The number of pyridine rings is 1. The fraction of sp³-hybridized carbons (Fsp3) is 0.214. The second-order valence-corrected chi connectivity index (χ2v) is 6.40. The van der Waals surface area contributed by atoms with Crippen LogP contribution in [0.3, 0.4) is 0 Å². The first kappa shape index (κ1) is 15.4. The van der Waals surface area contributed by atoms with Gasteiger partial charge in [-0.3, -0.25) is 9.71 Å². The number of aryl methyl sites for hydroxylation is 2. The van der Waals surface area contributed by atoms with Crippen molar-refractivity contribution in [2.75, 3.05) is 4.72 Å². The summed E-state index contributed by atoms with van der Waals surface area (Å²) < 4.78 is 41.0. The number of halogens is 1. The van der Waals surface area contributed by atoms with Gasteiger partial charge in [-0.25, -0.2) is 12.8 Å². The zero-order valence-electron chi connectivity index (χ0n) is 11.7. The molecule has 0 unspecified atom stereocenters. The molecule has 0 spiro atoms. The Kier molecular flexibility index (Phi) is 4.24. The summed E-state index contributed by atoms with van der Waals surface area (Å²) in [5.74, 6) is -0.475. The third kappa shape index (κ3) is 3.20. The van der Waals surface area contributed by atoms with Crippen LogP contribution < -0.4 is 10.5 Å². The number of nitrogens with zero attached hydrogens (tertiary/aromatic N) is 1. The minimum absolute atomic E-state index is 0.0157. The highest BCUT2D eigenvalue weighted by Crippen LogP contribution is 2.22. The van der Waals surface area contributed by atoms with Gasteiger partial charge in [0, 0.05) is 24.5 Å². The van der Waals surface area contributed by atoms with Crippen LogP contribution in [0.2, 0.25) is 0 Å². The van der Waals surface area contributed by atoms with Gasteiger partial charge in [-0.15, -0.1) is 0 Å². The van der Waals surface area contributed by atoms with Gasteiger partial charge in [0.25, 0.3) is 10.0 Å². The Hall–Kier alpha value is -1.99. The van der Waals surface area contributed by atoms with Gasteiger partial charge in [-0.1, -0.05) is 0 Å². The monoisotopic (exact) mass is 309 g/mol. The molecular formula is C14H16FN3O2S. The fourth-order valence-electron chi connectivity index (χ4n) is 1.90. The number of nitrogens with two attached hydrogens (primary N) is 1. The SMILES string of the molecule is Cc1cnccc1NS(=O)(=O)c1cc(C)c(F)c(CN)c1. The normalized spacial score (nSPS) is 11.4. The van der Waals surface area contributed by atoms with E-state index in [0.29, 0.717) is 11.3 Å². The van der Waals surface area contributed by atoms with E-state index >= 15 is 0 Å². The summed E-state index contributed by atoms with van der Waals surface area (Å²) >= 11 is 0. The van der Waals surface area contributed by atoms with Crippen LogP contribution in [0.25, 0.3) is 0 Å². The molecule has 0 radical (unpaired) electrons. The van der Waals surface area contributed by atoms with E-state index in [4.69, 9.17) is 5.73 Å². The van der Waals surface area contributed by atoms with E-state index in [9.17, 15) is 12.8 Å². The number of hydrogen-bond acceptors (Lipinski definition) is 4. The Morgan fingerprint density at radius 2 is 2.00 bits per heavy atom. The molecule has 0 aliphatic rings. The van der Waals surface area contributed by atoms with Crippen molar-refractivity contribution in [3.05, 3.63) is 53.1 Å². The molecule has 5 nitrogen and oxygen atoms in total. The third-order valence-corrected chi connectivity index (χ3v) is 4.44. The predicted molar refractivity (Wildman–Crippen MR) is 78.8 cm³/mol. The maximum absolute atomic E-state index is 13.8. The number of hydrogen-bond donors (Lipinski definition) is 2. The van der Waals surface area contributed by atoms with Gasteiger partial charge in [0.05, 0.1) is 10.6 Å².